The Morgan fingerprint density at radius 3 is 2.63 bits per heavy atom. The summed E-state index contributed by atoms with van der Waals surface area (Å²) in [5.41, 5.74) is 2.05. The monoisotopic (exact) mass is 402 g/mol. The SMILES string of the molecule is C#CCn1/c(=N/S(=O)(=O)c2ccc(F)cc2)sc2cc(CCCC)ccc21. The lowest BCUT2D eigenvalue weighted by atomic mass is 10.1. The van der Waals surface area contributed by atoms with Crippen LogP contribution in [0.4, 0.5) is 4.39 Å². The number of halogens is 1. The Balaban J connectivity index is 2.14. The first-order valence-corrected chi connectivity index (χ1v) is 10.8. The molecule has 0 saturated heterocycles. The third kappa shape index (κ3) is 4.29. The lowest BCUT2D eigenvalue weighted by Crippen LogP contribution is -2.16. The van der Waals surface area contributed by atoms with Gasteiger partial charge in [-0.3, -0.25) is 0 Å². The van der Waals surface area contributed by atoms with Crippen molar-refractivity contribution in [3.8, 4) is 12.3 Å². The van der Waals surface area contributed by atoms with E-state index in [2.05, 4.69) is 23.3 Å². The summed E-state index contributed by atoms with van der Waals surface area (Å²) >= 11 is 1.28. The number of fused-ring (bicyclic) bond motifs is 1. The van der Waals surface area contributed by atoms with Crippen LogP contribution in [0.5, 0.6) is 0 Å². The standard InChI is InChI=1S/C20H19FN2O2S2/c1-3-5-6-15-7-12-18-19(14-15)26-20(23(18)13-4-2)22-27(24,25)17-10-8-16(21)9-11-17/h2,7-12,14H,3,5-6,13H2,1H3/b22-20-. The highest BCUT2D eigenvalue weighted by molar-refractivity contribution is 7.90. The van der Waals surface area contributed by atoms with Crippen LogP contribution in [0.3, 0.4) is 0 Å². The van der Waals surface area contributed by atoms with Crippen LogP contribution in [-0.4, -0.2) is 13.0 Å². The van der Waals surface area contributed by atoms with Crippen LogP contribution >= 0.6 is 11.3 Å². The normalized spacial score (nSPS) is 12.4. The minimum atomic E-state index is -3.96. The van der Waals surface area contributed by atoms with Crippen LogP contribution in [0, 0.1) is 18.2 Å². The van der Waals surface area contributed by atoms with Crippen molar-refractivity contribution in [3.63, 3.8) is 0 Å². The van der Waals surface area contributed by atoms with E-state index in [9.17, 15) is 12.8 Å². The van der Waals surface area contributed by atoms with Gasteiger partial charge in [0.2, 0.25) is 4.80 Å². The van der Waals surface area contributed by atoms with Crippen LogP contribution < -0.4 is 4.80 Å². The molecule has 3 aromatic rings. The minimum Gasteiger partial charge on any atom is -0.304 e. The van der Waals surface area contributed by atoms with Gasteiger partial charge >= 0.3 is 0 Å². The molecule has 0 spiro atoms. The van der Waals surface area contributed by atoms with E-state index in [0.717, 1.165) is 41.6 Å². The molecule has 0 bridgehead atoms. The predicted molar refractivity (Wildman–Crippen MR) is 106 cm³/mol. The lowest BCUT2D eigenvalue weighted by molar-refractivity contribution is 0.594. The van der Waals surface area contributed by atoms with E-state index in [1.54, 1.807) is 4.57 Å². The molecular weight excluding hydrogens is 383 g/mol. The highest BCUT2D eigenvalue weighted by Crippen LogP contribution is 2.21. The molecule has 7 heteroatoms. The molecule has 0 N–H and O–H groups in total. The number of aromatic nitrogens is 1. The van der Waals surface area contributed by atoms with Gasteiger partial charge in [-0.2, -0.15) is 8.42 Å². The summed E-state index contributed by atoms with van der Waals surface area (Å²) in [4.78, 5) is 0.247. The predicted octanol–water partition coefficient (Wildman–Crippen LogP) is 4.11. The molecule has 140 valence electrons. The molecule has 0 aliphatic carbocycles. The number of hydrogen-bond donors (Lipinski definition) is 0. The first-order valence-electron chi connectivity index (χ1n) is 8.57. The number of terminal acetylenes is 1. The highest BCUT2D eigenvalue weighted by Gasteiger charge is 2.15. The molecule has 0 aliphatic heterocycles. The number of aryl methyl sites for hydroxylation is 1. The molecule has 0 aliphatic rings. The van der Waals surface area contributed by atoms with Crippen LogP contribution in [0.25, 0.3) is 10.2 Å². The van der Waals surface area contributed by atoms with Gasteiger partial charge in [0, 0.05) is 0 Å². The van der Waals surface area contributed by atoms with Gasteiger partial charge < -0.3 is 4.57 Å². The molecule has 2 aromatic carbocycles. The average molecular weight is 403 g/mol. The first kappa shape index (κ1) is 19.3. The number of unbranched alkanes of at least 4 members (excludes halogenated alkanes) is 1. The van der Waals surface area contributed by atoms with Crippen LogP contribution in [0.1, 0.15) is 25.3 Å². The third-order valence-electron chi connectivity index (χ3n) is 4.13. The Morgan fingerprint density at radius 2 is 1.96 bits per heavy atom. The van der Waals surface area contributed by atoms with Crippen molar-refractivity contribution in [1.29, 1.82) is 0 Å². The molecule has 27 heavy (non-hydrogen) atoms. The quantitative estimate of drug-likeness (QED) is 0.583. The number of rotatable bonds is 6. The smallest absolute Gasteiger partial charge is 0.285 e. The van der Waals surface area contributed by atoms with Crippen molar-refractivity contribution in [2.45, 2.75) is 37.6 Å². The molecular formula is C20H19FN2O2S2. The Morgan fingerprint density at radius 1 is 1.22 bits per heavy atom. The molecule has 0 unspecified atom stereocenters. The van der Waals surface area contributed by atoms with Gasteiger partial charge in [0.1, 0.15) is 5.82 Å². The maximum Gasteiger partial charge on any atom is 0.285 e. The van der Waals surface area contributed by atoms with E-state index in [1.165, 1.54) is 29.0 Å². The van der Waals surface area contributed by atoms with E-state index >= 15 is 0 Å². The van der Waals surface area contributed by atoms with Gasteiger partial charge in [0.15, 0.2) is 0 Å². The maximum absolute atomic E-state index is 13.1. The van der Waals surface area contributed by atoms with Gasteiger partial charge in [-0.05, 0) is 54.8 Å². The number of hydrogen-bond acceptors (Lipinski definition) is 3. The van der Waals surface area contributed by atoms with Gasteiger partial charge in [-0.15, -0.1) is 10.8 Å². The lowest BCUT2D eigenvalue weighted by Gasteiger charge is -2.03. The fourth-order valence-corrected chi connectivity index (χ4v) is 5.03. The van der Waals surface area contributed by atoms with E-state index in [4.69, 9.17) is 6.42 Å². The summed E-state index contributed by atoms with van der Waals surface area (Å²) in [6.45, 7) is 2.36. The Labute approximate surface area is 162 Å². The molecule has 0 radical (unpaired) electrons. The molecule has 4 nitrogen and oxygen atoms in total. The van der Waals surface area contributed by atoms with E-state index in [1.807, 2.05) is 12.1 Å². The van der Waals surface area contributed by atoms with Crippen LogP contribution in [0.2, 0.25) is 0 Å². The second kappa shape index (κ2) is 8.07. The highest BCUT2D eigenvalue weighted by atomic mass is 32.2. The molecule has 0 fully saturated rings. The summed E-state index contributed by atoms with van der Waals surface area (Å²) in [7, 11) is -3.96. The number of nitrogens with zero attached hydrogens (tertiary/aromatic N) is 2. The molecule has 0 atom stereocenters. The second-order valence-electron chi connectivity index (χ2n) is 6.10. The second-order valence-corrected chi connectivity index (χ2v) is 8.71. The van der Waals surface area contributed by atoms with Crippen molar-refractivity contribution < 1.29 is 12.8 Å². The topological polar surface area (TPSA) is 51.4 Å². The molecule has 1 heterocycles. The van der Waals surface area contributed by atoms with Gasteiger partial charge in [-0.1, -0.05) is 36.7 Å². The summed E-state index contributed by atoms with van der Waals surface area (Å²) in [6.07, 6.45) is 8.64. The number of sulfonamides is 1. The average Bonchev–Trinajstić information content (AvgIpc) is 2.96. The Bertz CT molecular complexity index is 1170. The third-order valence-corrected chi connectivity index (χ3v) is 6.56. The van der Waals surface area contributed by atoms with Gasteiger partial charge in [-0.25, -0.2) is 4.39 Å². The fraction of sp³-hybridized carbons (Fsp3) is 0.250. The zero-order valence-corrected chi connectivity index (χ0v) is 16.5. The summed E-state index contributed by atoms with van der Waals surface area (Å²) in [6, 6.07) is 10.7. The Hall–Kier alpha value is -2.43. The zero-order valence-electron chi connectivity index (χ0n) is 14.9. The van der Waals surface area contributed by atoms with E-state index in [-0.39, 0.29) is 11.4 Å². The van der Waals surface area contributed by atoms with Crippen molar-refractivity contribution in [2.24, 2.45) is 4.40 Å². The molecule has 0 saturated carbocycles. The fourth-order valence-electron chi connectivity index (χ4n) is 2.73. The van der Waals surface area contributed by atoms with E-state index in [0.29, 0.717) is 4.80 Å². The summed E-state index contributed by atoms with van der Waals surface area (Å²) in [5, 5.41) is 0. The van der Waals surface area contributed by atoms with Crippen molar-refractivity contribution in [1.82, 2.24) is 4.57 Å². The molecule has 1 aromatic heterocycles. The maximum atomic E-state index is 13.1. The van der Waals surface area contributed by atoms with Crippen molar-refractivity contribution in [2.75, 3.05) is 0 Å². The number of thiazole rings is 1. The first-order chi connectivity index (χ1) is 12.9. The largest absolute Gasteiger partial charge is 0.304 e. The zero-order chi connectivity index (χ0) is 19.4. The van der Waals surface area contributed by atoms with Crippen molar-refractivity contribution in [3.05, 3.63) is 58.6 Å². The van der Waals surface area contributed by atoms with Crippen LogP contribution in [0.15, 0.2) is 51.8 Å². The van der Waals surface area contributed by atoms with Crippen LogP contribution in [-0.2, 0) is 23.0 Å². The molecule has 3 rings (SSSR count). The summed E-state index contributed by atoms with van der Waals surface area (Å²) < 4.78 is 44.9. The molecule has 0 amide bonds. The minimum absolute atomic E-state index is 0.0581. The van der Waals surface area contributed by atoms with E-state index < -0.39 is 15.8 Å². The van der Waals surface area contributed by atoms with Crippen molar-refractivity contribution >= 4 is 31.6 Å². The van der Waals surface area contributed by atoms with Gasteiger partial charge in [0.25, 0.3) is 10.0 Å². The Kier molecular flexibility index (Phi) is 5.78. The number of benzene rings is 2. The van der Waals surface area contributed by atoms with Gasteiger partial charge in [0.05, 0.1) is 21.7 Å². The summed E-state index contributed by atoms with van der Waals surface area (Å²) in [5.74, 6) is 2.05.